The highest BCUT2D eigenvalue weighted by Crippen LogP contribution is 2.34. The quantitative estimate of drug-likeness (QED) is 0.614. The minimum absolute atomic E-state index is 0.152. The van der Waals surface area contributed by atoms with Crippen molar-refractivity contribution in [2.75, 3.05) is 25.6 Å². The summed E-state index contributed by atoms with van der Waals surface area (Å²) in [6.45, 7) is 4.68. The van der Waals surface area contributed by atoms with Crippen molar-refractivity contribution >= 4 is 17.6 Å². The molecular formula is C15H20ClNO2. The first-order valence-corrected chi connectivity index (χ1v) is 7.23. The molecule has 0 aromatic heterocycles. The fourth-order valence-corrected chi connectivity index (χ4v) is 2.88. The average Bonchev–Trinajstić information content (AvgIpc) is 2.85. The zero-order valence-electron chi connectivity index (χ0n) is 11.3. The highest BCUT2D eigenvalue weighted by Gasteiger charge is 2.45. The number of carbonyl (C=O) groups excluding carboxylic acids is 1. The number of benzene rings is 1. The van der Waals surface area contributed by atoms with Gasteiger partial charge < -0.3 is 4.74 Å². The van der Waals surface area contributed by atoms with Crippen LogP contribution in [-0.2, 0) is 16.1 Å². The van der Waals surface area contributed by atoms with Crippen molar-refractivity contribution in [3.05, 3.63) is 35.9 Å². The Morgan fingerprint density at radius 1 is 1.42 bits per heavy atom. The Morgan fingerprint density at radius 2 is 2.16 bits per heavy atom. The molecule has 0 bridgehead atoms. The molecule has 104 valence electrons. The molecule has 1 aliphatic rings. The van der Waals surface area contributed by atoms with E-state index in [1.807, 2.05) is 25.1 Å². The van der Waals surface area contributed by atoms with Crippen molar-refractivity contribution in [2.45, 2.75) is 19.9 Å². The van der Waals surface area contributed by atoms with Crippen molar-refractivity contribution < 1.29 is 9.53 Å². The number of nitrogens with zero attached hydrogens (tertiary/aromatic N) is 1. The zero-order chi connectivity index (χ0) is 13.7. The third kappa shape index (κ3) is 3.28. The number of hydrogen-bond acceptors (Lipinski definition) is 3. The largest absolute Gasteiger partial charge is 0.465 e. The number of hydrogen-bond donors (Lipinski definition) is 0. The number of halogens is 1. The number of esters is 1. The Kier molecular flexibility index (Phi) is 4.83. The van der Waals surface area contributed by atoms with E-state index in [-0.39, 0.29) is 5.97 Å². The van der Waals surface area contributed by atoms with Gasteiger partial charge in [-0.1, -0.05) is 30.3 Å². The Bertz CT molecular complexity index is 423. The van der Waals surface area contributed by atoms with Crippen molar-refractivity contribution in [1.82, 2.24) is 4.90 Å². The summed E-state index contributed by atoms with van der Waals surface area (Å²) < 4.78 is 5.17. The van der Waals surface area contributed by atoms with Crippen LogP contribution in [0.25, 0.3) is 0 Å². The highest BCUT2D eigenvalue weighted by atomic mass is 35.5. The van der Waals surface area contributed by atoms with Gasteiger partial charge in [-0.3, -0.25) is 9.69 Å². The van der Waals surface area contributed by atoms with Crippen LogP contribution in [-0.4, -0.2) is 36.4 Å². The molecule has 1 unspecified atom stereocenters. The number of alkyl halides is 1. The average molecular weight is 282 g/mol. The molecule has 0 aliphatic carbocycles. The summed E-state index contributed by atoms with van der Waals surface area (Å²) in [4.78, 5) is 14.3. The molecule has 0 N–H and O–H groups in total. The first-order chi connectivity index (χ1) is 9.20. The minimum Gasteiger partial charge on any atom is -0.465 e. The van der Waals surface area contributed by atoms with Crippen molar-refractivity contribution in [1.29, 1.82) is 0 Å². The van der Waals surface area contributed by atoms with Crippen LogP contribution in [0.3, 0.4) is 0 Å². The normalized spacial score (nSPS) is 23.5. The van der Waals surface area contributed by atoms with Gasteiger partial charge in [-0.05, 0) is 25.5 Å². The summed E-state index contributed by atoms with van der Waals surface area (Å²) in [5.74, 6) is 0.178. The molecule has 3 nitrogen and oxygen atoms in total. The van der Waals surface area contributed by atoms with Gasteiger partial charge in [0.05, 0.1) is 12.0 Å². The maximum Gasteiger partial charge on any atom is 0.314 e. The second kappa shape index (κ2) is 6.40. The summed E-state index contributed by atoms with van der Waals surface area (Å²) in [6.07, 6.45) is 0.780. The lowest BCUT2D eigenvalue weighted by atomic mass is 9.90. The van der Waals surface area contributed by atoms with Gasteiger partial charge in [-0.25, -0.2) is 0 Å². The fraction of sp³-hybridized carbons (Fsp3) is 0.533. The predicted octanol–water partition coefficient (Wildman–Crippen LogP) is 2.68. The maximum absolute atomic E-state index is 12.1. The molecule has 0 amide bonds. The summed E-state index contributed by atoms with van der Waals surface area (Å²) in [5, 5.41) is 0. The van der Waals surface area contributed by atoms with E-state index >= 15 is 0 Å². The third-order valence-electron chi connectivity index (χ3n) is 3.65. The van der Waals surface area contributed by atoms with E-state index < -0.39 is 5.41 Å². The van der Waals surface area contributed by atoms with Gasteiger partial charge in [-0.2, -0.15) is 0 Å². The van der Waals surface area contributed by atoms with Gasteiger partial charge in [0.15, 0.2) is 0 Å². The van der Waals surface area contributed by atoms with E-state index in [0.29, 0.717) is 19.0 Å². The van der Waals surface area contributed by atoms with Gasteiger partial charge in [0.25, 0.3) is 0 Å². The van der Waals surface area contributed by atoms with Crippen molar-refractivity contribution in [2.24, 2.45) is 5.41 Å². The molecule has 1 aliphatic heterocycles. The number of ether oxygens (including phenoxy) is 1. The van der Waals surface area contributed by atoms with Crippen LogP contribution >= 0.6 is 11.6 Å². The van der Waals surface area contributed by atoms with Crippen molar-refractivity contribution in [3.63, 3.8) is 0 Å². The molecule has 2 rings (SSSR count). The fourth-order valence-electron chi connectivity index (χ4n) is 2.55. The number of rotatable bonds is 5. The second-order valence-corrected chi connectivity index (χ2v) is 5.35. The number of likely N-dealkylation sites (tertiary alicyclic amines) is 1. The third-order valence-corrected chi connectivity index (χ3v) is 4.16. The Hall–Kier alpha value is -1.06. The Labute approximate surface area is 119 Å². The van der Waals surface area contributed by atoms with Crippen molar-refractivity contribution in [3.8, 4) is 0 Å². The smallest absolute Gasteiger partial charge is 0.314 e. The molecule has 0 radical (unpaired) electrons. The molecule has 1 aromatic carbocycles. The topological polar surface area (TPSA) is 29.5 Å². The predicted molar refractivity (Wildman–Crippen MR) is 76.1 cm³/mol. The molecule has 1 aromatic rings. The van der Waals surface area contributed by atoms with Gasteiger partial charge in [-0.15, -0.1) is 11.6 Å². The number of carbonyl (C=O) groups is 1. The minimum atomic E-state index is -0.521. The molecule has 1 fully saturated rings. The standard InChI is InChI=1S/C15H20ClNO2/c1-2-19-14(18)15(11-16)8-9-17(12-15)10-13-6-4-3-5-7-13/h3-7H,2,8-12H2,1H3. The summed E-state index contributed by atoms with van der Waals surface area (Å²) in [7, 11) is 0. The van der Waals surface area contributed by atoms with E-state index in [9.17, 15) is 4.79 Å². The van der Waals surface area contributed by atoms with Crippen LogP contribution in [0.5, 0.6) is 0 Å². The van der Waals surface area contributed by atoms with E-state index in [2.05, 4.69) is 17.0 Å². The van der Waals surface area contributed by atoms with E-state index in [4.69, 9.17) is 16.3 Å². The summed E-state index contributed by atoms with van der Waals surface area (Å²) in [6, 6.07) is 10.3. The van der Waals surface area contributed by atoms with Gasteiger partial charge in [0, 0.05) is 19.0 Å². The van der Waals surface area contributed by atoms with Gasteiger partial charge in [0.2, 0.25) is 0 Å². The zero-order valence-corrected chi connectivity index (χ0v) is 12.0. The molecular weight excluding hydrogens is 262 g/mol. The summed E-state index contributed by atoms with van der Waals surface area (Å²) >= 11 is 6.04. The van der Waals surface area contributed by atoms with Crippen LogP contribution in [0.15, 0.2) is 30.3 Å². The lowest BCUT2D eigenvalue weighted by Crippen LogP contribution is -2.37. The second-order valence-electron chi connectivity index (χ2n) is 5.08. The molecule has 19 heavy (non-hydrogen) atoms. The monoisotopic (exact) mass is 281 g/mol. The van der Waals surface area contributed by atoms with Crippen LogP contribution in [0.1, 0.15) is 18.9 Å². The Balaban J connectivity index is 1.99. The summed E-state index contributed by atoms with van der Waals surface area (Å²) in [5.41, 5.74) is 0.739. The first-order valence-electron chi connectivity index (χ1n) is 6.69. The van der Waals surface area contributed by atoms with E-state index in [0.717, 1.165) is 19.5 Å². The van der Waals surface area contributed by atoms with Gasteiger partial charge >= 0.3 is 5.97 Å². The SMILES string of the molecule is CCOC(=O)C1(CCl)CCN(Cc2ccccc2)C1. The lowest BCUT2D eigenvalue weighted by Gasteiger charge is -2.24. The molecule has 4 heteroatoms. The highest BCUT2D eigenvalue weighted by molar-refractivity contribution is 6.19. The van der Waals surface area contributed by atoms with E-state index in [1.165, 1.54) is 5.56 Å². The molecule has 1 atom stereocenters. The van der Waals surface area contributed by atoms with Crippen LogP contribution in [0, 0.1) is 5.41 Å². The van der Waals surface area contributed by atoms with Gasteiger partial charge in [0.1, 0.15) is 0 Å². The molecule has 0 saturated carbocycles. The molecule has 1 saturated heterocycles. The first kappa shape index (κ1) is 14.4. The van der Waals surface area contributed by atoms with Crippen LogP contribution < -0.4 is 0 Å². The van der Waals surface area contributed by atoms with Crippen LogP contribution in [0.2, 0.25) is 0 Å². The maximum atomic E-state index is 12.1. The lowest BCUT2D eigenvalue weighted by molar-refractivity contribution is -0.153. The van der Waals surface area contributed by atoms with Crippen LogP contribution in [0.4, 0.5) is 0 Å². The molecule has 1 heterocycles. The van der Waals surface area contributed by atoms with E-state index in [1.54, 1.807) is 0 Å². The Morgan fingerprint density at radius 3 is 2.79 bits per heavy atom. The molecule has 0 spiro atoms.